The Labute approximate surface area is 144 Å². The summed E-state index contributed by atoms with van der Waals surface area (Å²) in [7, 11) is 2.17. The number of fused-ring (bicyclic) bond motifs is 1. The van der Waals surface area contributed by atoms with Crippen molar-refractivity contribution >= 4 is 16.8 Å². The summed E-state index contributed by atoms with van der Waals surface area (Å²) in [5.74, 6) is 0.152. The van der Waals surface area contributed by atoms with Crippen LogP contribution in [0.1, 0.15) is 18.4 Å². The number of nitrogens with zero attached hydrogens (tertiary/aromatic N) is 2. The average molecular weight is 328 g/mol. The van der Waals surface area contributed by atoms with E-state index < -0.39 is 0 Å². The Morgan fingerprint density at radius 3 is 2.83 bits per heavy atom. The second-order valence-corrected chi connectivity index (χ2v) is 6.71. The summed E-state index contributed by atoms with van der Waals surface area (Å²) in [6.07, 6.45) is 4.39. The van der Waals surface area contributed by atoms with Crippen LogP contribution in [0.15, 0.2) is 30.5 Å². The van der Waals surface area contributed by atoms with Crippen molar-refractivity contribution in [1.29, 1.82) is 0 Å². The van der Waals surface area contributed by atoms with Crippen LogP contribution in [0.4, 0.5) is 0 Å². The highest BCUT2D eigenvalue weighted by molar-refractivity contribution is 5.84. The van der Waals surface area contributed by atoms with Crippen LogP contribution in [-0.2, 0) is 11.2 Å². The molecule has 0 atom stereocenters. The molecule has 2 aromatic rings. The van der Waals surface area contributed by atoms with E-state index in [2.05, 4.69) is 39.3 Å². The van der Waals surface area contributed by atoms with Crippen molar-refractivity contribution in [3.05, 3.63) is 36.0 Å². The third-order valence-corrected chi connectivity index (χ3v) is 4.87. The van der Waals surface area contributed by atoms with Gasteiger partial charge >= 0.3 is 0 Å². The molecule has 5 heteroatoms. The third kappa shape index (κ3) is 4.58. The fourth-order valence-corrected chi connectivity index (χ4v) is 3.28. The number of H-pyrrole nitrogens is 1. The Hall–Kier alpha value is -1.85. The van der Waals surface area contributed by atoms with Crippen LogP contribution >= 0.6 is 0 Å². The number of nitrogens with one attached hydrogen (secondary N) is 2. The molecule has 1 aliphatic rings. The molecule has 2 heterocycles. The number of rotatable bonds is 7. The number of carbonyl (C=O) groups excluding carboxylic acids is 1. The van der Waals surface area contributed by atoms with Crippen molar-refractivity contribution in [1.82, 2.24) is 20.1 Å². The quantitative estimate of drug-likeness (QED) is 0.763. The van der Waals surface area contributed by atoms with Gasteiger partial charge in [-0.3, -0.25) is 4.79 Å². The maximum atomic E-state index is 12.0. The Balaban J connectivity index is 1.33. The van der Waals surface area contributed by atoms with Crippen molar-refractivity contribution in [3.8, 4) is 0 Å². The van der Waals surface area contributed by atoms with Gasteiger partial charge in [-0.15, -0.1) is 0 Å². The number of piperazine rings is 1. The van der Waals surface area contributed by atoms with Crippen LogP contribution in [0, 0.1) is 0 Å². The third-order valence-electron chi connectivity index (χ3n) is 4.87. The second-order valence-electron chi connectivity index (χ2n) is 6.71. The van der Waals surface area contributed by atoms with E-state index >= 15 is 0 Å². The van der Waals surface area contributed by atoms with Crippen molar-refractivity contribution in [2.75, 3.05) is 46.3 Å². The number of aryl methyl sites for hydroxylation is 1. The van der Waals surface area contributed by atoms with Crippen LogP contribution in [-0.4, -0.2) is 67.0 Å². The molecule has 1 amide bonds. The largest absolute Gasteiger partial charge is 0.361 e. The Kier molecular flexibility index (Phi) is 5.88. The van der Waals surface area contributed by atoms with Gasteiger partial charge < -0.3 is 20.1 Å². The van der Waals surface area contributed by atoms with E-state index in [1.165, 1.54) is 10.9 Å². The fraction of sp³-hybridized carbons (Fsp3) is 0.526. The number of carbonyl (C=O) groups is 1. The molecule has 1 aliphatic heterocycles. The minimum absolute atomic E-state index is 0.152. The van der Waals surface area contributed by atoms with E-state index in [-0.39, 0.29) is 5.91 Å². The number of amides is 1. The zero-order valence-corrected chi connectivity index (χ0v) is 14.6. The van der Waals surface area contributed by atoms with Gasteiger partial charge in [0.2, 0.25) is 5.91 Å². The molecule has 0 aliphatic carbocycles. The van der Waals surface area contributed by atoms with Gasteiger partial charge in [0.05, 0.1) is 0 Å². The number of aromatic amines is 1. The van der Waals surface area contributed by atoms with Gasteiger partial charge in [-0.25, -0.2) is 0 Å². The molecule has 130 valence electrons. The normalized spacial score (nSPS) is 16.5. The molecule has 0 bridgehead atoms. The van der Waals surface area contributed by atoms with Gasteiger partial charge in [0.25, 0.3) is 0 Å². The fourth-order valence-electron chi connectivity index (χ4n) is 3.28. The first-order valence-corrected chi connectivity index (χ1v) is 8.95. The van der Waals surface area contributed by atoms with Crippen LogP contribution in [0.2, 0.25) is 0 Å². The highest BCUT2D eigenvalue weighted by Gasteiger charge is 2.13. The zero-order valence-electron chi connectivity index (χ0n) is 14.6. The second kappa shape index (κ2) is 8.31. The van der Waals surface area contributed by atoms with E-state index in [0.29, 0.717) is 6.42 Å². The van der Waals surface area contributed by atoms with Crippen LogP contribution in [0.3, 0.4) is 0 Å². The summed E-state index contributed by atoms with van der Waals surface area (Å²) in [6.45, 7) is 6.44. The Morgan fingerprint density at radius 2 is 2.00 bits per heavy atom. The maximum Gasteiger partial charge on any atom is 0.220 e. The van der Waals surface area contributed by atoms with Crippen LogP contribution in [0.5, 0.6) is 0 Å². The van der Waals surface area contributed by atoms with E-state index in [1.54, 1.807) is 0 Å². The van der Waals surface area contributed by atoms with E-state index in [1.807, 2.05) is 18.3 Å². The van der Waals surface area contributed by atoms with Gasteiger partial charge in [-0.2, -0.15) is 0 Å². The molecule has 5 nitrogen and oxygen atoms in total. The van der Waals surface area contributed by atoms with E-state index in [9.17, 15) is 4.79 Å². The molecule has 0 radical (unpaired) electrons. The summed E-state index contributed by atoms with van der Waals surface area (Å²) < 4.78 is 0. The first-order chi connectivity index (χ1) is 11.7. The van der Waals surface area contributed by atoms with Crippen molar-refractivity contribution in [2.24, 2.45) is 0 Å². The number of likely N-dealkylation sites (N-methyl/N-ethyl adjacent to an activating group) is 1. The van der Waals surface area contributed by atoms with Gasteiger partial charge in [0.15, 0.2) is 0 Å². The lowest BCUT2D eigenvalue weighted by Gasteiger charge is -2.32. The highest BCUT2D eigenvalue weighted by atomic mass is 16.1. The van der Waals surface area contributed by atoms with Crippen molar-refractivity contribution in [2.45, 2.75) is 19.3 Å². The molecule has 1 saturated heterocycles. The topological polar surface area (TPSA) is 51.4 Å². The monoisotopic (exact) mass is 328 g/mol. The lowest BCUT2D eigenvalue weighted by molar-refractivity contribution is -0.121. The number of para-hydroxylation sites is 1. The summed E-state index contributed by atoms with van der Waals surface area (Å²) in [6, 6.07) is 8.24. The molecule has 0 spiro atoms. The standard InChI is InChI=1S/C19H28N4O/c1-22-11-13-23(14-12-22)10-4-9-20-19(24)8-7-16-15-21-18-6-3-2-5-17(16)18/h2-3,5-6,15,21H,4,7-14H2,1H3,(H,20,24). The van der Waals surface area contributed by atoms with Gasteiger partial charge in [0.1, 0.15) is 0 Å². The SMILES string of the molecule is CN1CCN(CCCNC(=O)CCc2c[nH]c3ccccc23)CC1. The van der Waals surface area contributed by atoms with Crippen molar-refractivity contribution < 1.29 is 4.79 Å². The minimum atomic E-state index is 0.152. The average Bonchev–Trinajstić information content (AvgIpc) is 3.02. The number of benzene rings is 1. The minimum Gasteiger partial charge on any atom is -0.361 e. The molecule has 1 aromatic carbocycles. The highest BCUT2D eigenvalue weighted by Crippen LogP contribution is 2.18. The number of hydrogen-bond acceptors (Lipinski definition) is 3. The predicted octanol–water partition coefficient (Wildman–Crippen LogP) is 1.85. The van der Waals surface area contributed by atoms with Crippen LogP contribution < -0.4 is 5.32 Å². The number of hydrogen-bond donors (Lipinski definition) is 2. The van der Waals surface area contributed by atoms with Crippen LogP contribution in [0.25, 0.3) is 10.9 Å². The lowest BCUT2D eigenvalue weighted by Crippen LogP contribution is -2.45. The molecule has 0 saturated carbocycles. The summed E-state index contributed by atoms with van der Waals surface area (Å²) in [5, 5.41) is 4.28. The molecular formula is C19H28N4O. The Morgan fingerprint density at radius 1 is 1.21 bits per heavy atom. The lowest BCUT2D eigenvalue weighted by atomic mass is 10.1. The summed E-state index contributed by atoms with van der Waals surface area (Å²) in [5.41, 5.74) is 2.36. The smallest absolute Gasteiger partial charge is 0.220 e. The molecule has 1 aromatic heterocycles. The first kappa shape index (κ1) is 17.0. The molecule has 24 heavy (non-hydrogen) atoms. The molecule has 3 rings (SSSR count). The summed E-state index contributed by atoms with van der Waals surface area (Å²) in [4.78, 5) is 20.1. The van der Waals surface area contributed by atoms with Crippen molar-refractivity contribution in [3.63, 3.8) is 0 Å². The Bertz CT molecular complexity index is 658. The first-order valence-electron chi connectivity index (χ1n) is 8.95. The van der Waals surface area contributed by atoms with E-state index in [0.717, 1.165) is 57.6 Å². The molecule has 2 N–H and O–H groups in total. The van der Waals surface area contributed by atoms with Gasteiger partial charge in [-0.1, -0.05) is 18.2 Å². The van der Waals surface area contributed by atoms with Gasteiger partial charge in [-0.05, 0) is 38.1 Å². The number of aromatic nitrogens is 1. The zero-order chi connectivity index (χ0) is 16.8. The predicted molar refractivity (Wildman–Crippen MR) is 98.2 cm³/mol. The summed E-state index contributed by atoms with van der Waals surface area (Å²) >= 11 is 0. The molecule has 1 fully saturated rings. The molecular weight excluding hydrogens is 300 g/mol. The maximum absolute atomic E-state index is 12.0. The van der Waals surface area contributed by atoms with Gasteiger partial charge in [0, 0.05) is 56.2 Å². The van der Waals surface area contributed by atoms with E-state index in [4.69, 9.17) is 0 Å². The molecule has 0 unspecified atom stereocenters.